The number of rotatable bonds is 3. The molecular weight excluding hydrogens is 214 g/mol. The van der Waals surface area contributed by atoms with Crippen molar-refractivity contribution in [2.45, 2.75) is 51.6 Å². The number of carbonyl (C=O) groups excluding carboxylic acids is 1. The molecule has 1 aliphatic heterocycles. The highest BCUT2D eigenvalue weighted by molar-refractivity contribution is 5.82. The summed E-state index contributed by atoms with van der Waals surface area (Å²) in [5.41, 5.74) is -0.421. The Labute approximate surface area is 104 Å². The second-order valence-corrected chi connectivity index (χ2v) is 6.15. The van der Waals surface area contributed by atoms with Crippen molar-refractivity contribution in [2.75, 3.05) is 19.6 Å². The number of nitrogens with zero attached hydrogens (tertiary/aromatic N) is 1. The van der Waals surface area contributed by atoms with Gasteiger partial charge in [0.15, 0.2) is 0 Å². The molecule has 17 heavy (non-hydrogen) atoms. The number of hydrogen-bond donors (Lipinski definition) is 1. The van der Waals surface area contributed by atoms with Crippen LogP contribution in [0.15, 0.2) is 0 Å². The summed E-state index contributed by atoms with van der Waals surface area (Å²) in [6.45, 7) is 6.29. The summed E-state index contributed by atoms with van der Waals surface area (Å²) in [5, 5.41) is 10.5. The first-order valence-corrected chi connectivity index (χ1v) is 6.99. The molecule has 0 aromatic carbocycles. The van der Waals surface area contributed by atoms with E-state index in [2.05, 4.69) is 4.90 Å². The Morgan fingerprint density at radius 1 is 1.41 bits per heavy atom. The zero-order valence-electron chi connectivity index (χ0n) is 11.1. The first-order valence-electron chi connectivity index (χ1n) is 6.99. The topological polar surface area (TPSA) is 40.5 Å². The molecule has 0 bridgehead atoms. The minimum Gasteiger partial charge on any atom is -0.390 e. The van der Waals surface area contributed by atoms with Gasteiger partial charge in [0.2, 0.25) is 0 Å². The monoisotopic (exact) mass is 239 g/mol. The molecule has 2 fully saturated rings. The Morgan fingerprint density at radius 2 is 2.18 bits per heavy atom. The number of ketones is 1. The molecule has 1 heterocycles. The van der Waals surface area contributed by atoms with Crippen LogP contribution < -0.4 is 0 Å². The third-order valence-corrected chi connectivity index (χ3v) is 4.54. The van der Waals surface area contributed by atoms with Crippen molar-refractivity contribution in [1.82, 2.24) is 4.90 Å². The van der Waals surface area contributed by atoms with Crippen LogP contribution in [0.2, 0.25) is 0 Å². The van der Waals surface area contributed by atoms with Gasteiger partial charge in [0.05, 0.1) is 12.1 Å². The van der Waals surface area contributed by atoms with Gasteiger partial charge in [0.1, 0.15) is 5.78 Å². The van der Waals surface area contributed by atoms with Crippen LogP contribution in [-0.4, -0.2) is 41.0 Å². The molecule has 1 saturated carbocycles. The number of Topliss-reactive ketones (excluding diaryl/α,β-unsaturated/α-hetero) is 1. The Balaban J connectivity index is 1.91. The molecule has 98 valence electrons. The average molecular weight is 239 g/mol. The highest BCUT2D eigenvalue weighted by atomic mass is 16.3. The number of hydrogen-bond acceptors (Lipinski definition) is 3. The lowest BCUT2D eigenvalue weighted by Gasteiger charge is -2.47. The highest BCUT2D eigenvalue weighted by Gasteiger charge is 2.42. The second-order valence-electron chi connectivity index (χ2n) is 6.15. The van der Waals surface area contributed by atoms with Crippen LogP contribution in [-0.2, 0) is 4.79 Å². The first-order chi connectivity index (χ1) is 8.01. The Morgan fingerprint density at radius 3 is 2.88 bits per heavy atom. The molecule has 1 aliphatic carbocycles. The molecule has 0 aromatic rings. The Hall–Kier alpha value is -0.410. The van der Waals surface area contributed by atoms with Gasteiger partial charge >= 0.3 is 0 Å². The van der Waals surface area contributed by atoms with Crippen molar-refractivity contribution in [1.29, 1.82) is 0 Å². The zero-order valence-corrected chi connectivity index (χ0v) is 11.1. The summed E-state index contributed by atoms with van der Waals surface area (Å²) < 4.78 is 0. The van der Waals surface area contributed by atoms with Crippen LogP contribution in [0.25, 0.3) is 0 Å². The summed E-state index contributed by atoms with van der Waals surface area (Å²) in [6.07, 6.45) is 5.34. The largest absolute Gasteiger partial charge is 0.390 e. The van der Waals surface area contributed by atoms with Gasteiger partial charge in [-0.2, -0.15) is 0 Å². The van der Waals surface area contributed by atoms with Crippen LogP contribution in [0.4, 0.5) is 0 Å². The molecule has 2 rings (SSSR count). The van der Waals surface area contributed by atoms with Gasteiger partial charge in [-0.15, -0.1) is 0 Å². The third-order valence-electron chi connectivity index (χ3n) is 4.54. The fourth-order valence-corrected chi connectivity index (χ4v) is 3.19. The van der Waals surface area contributed by atoms with Crippen molar-refractivity contribution >= 4 is 5.78 Å². The van der Waals surface area contributed by atoms with E-state index < -0.39 is 5.60 Å². The summed E-state index contributed by atoms with van der Waals surface area (Å²) in [4.78, 5) is 14.0. The first kappa shape index (κ1) is 13.0. The lowest BCUT2D eigenvalue weighted by atomic mass is 9.71. The van der Waals surface area contributed by atoms with Crippen LogP contribution in [0, 0.1) is 11.8 Å². The van der Waals surface area contributed by atoms with Crippen molar-refractivity contribution in [2.24, 2.45) is 11.8 Å². The SMILES string of the molecule is CC(C)C(=O)CN1CCC2(O)CCCCC2C1. The van der Waals surface area contributed by atoms with Crippen molar-refractivity contribution in [3.63, 3.8) is 0 Å². The van der Waals surface area contributed by atoms with E-state index in [1.54, 1.807) is 0 Å². The van der Waals surface area contributed by atoms with E-state index in [9.17, 15) is 9.90 Å². The zero-order chi connectivity index (χ0) is 12.5. The molecule has 0 radical (unpaired) electrons. The van der Waals surface area contributed by atoms with Crippen molar-refractivity contribution < 1.29 is 9.90 Å². The summed E-state index contributed by atoms with van der Waals surface area (Å²) >= 11 is 0. The summed E-state index contributed by atoms with van der Waals surface area (Å²) in [7, 11) is 0. The molecule has 2 unspecified atom stereocenters. The fraction of sp³-hybridized carbons (Fsp3) is 0.929. The van der Waals surface area contributed by atoms with Gasteiger partial charge in [-0.3, -0.25) is 9.69 Å². The maximum absolute atomic E-state index is 11.7. The average Bonchev–Trinajstić information content (AvgIpc) is 2.29. The number of carbonyl (C=O) groups is 1. The normalized spacial score (nSPS) is 34.7. The van der Waals surface area contributed by atoms with Gasteiger partial charge in [-0.1, -0.05) is 26.7 Å². The van der Waals surface area contributed by atoms with Gasteiger partial charge in [-0.05, 0) is 19.3 Å². The maximum Gasteiger partial charge on any atom is 0.149 e. The van der Waals surface area contributed by atoms with Crippen LogP contribution in [0.1, 0.15) is 46.0 Å². The smallest absolute Gasteiger partial charge is 0.149 e. The molecule has 0 aromatic heterocycles. The molecular formula is C14H25NO2. The summed E-state index contributed by atoms with van der Waals surface area (Å²) in [5.74, 6) is 0.846. The van der Waals surface area contributed by atoms with Crippen LogP contribution >= 0.6 is 0 Å². The Bertz CT molecular complexity index is 290. The standard InChI is InChI=1S/C14H25NO2/c1-11(2)13(16)10-15-8-7-14(17)6-4-3-5-12(14)9-15/h11-12,17H,3-10H2,1-2H3. The minimum atomic E-state index is -0.421. The van der Waals surface area contributed by atoms with Crippen molar-refractivity contribution in [3.8, 4) is 0 Å². The molecule has 1 N–H and O–H groups in total. The molecule has 0 spiro atoms. The number of piperidine rings is 1. The molecule has 3 heteroatoms. The second kappa shape index (κ2) is 5.07. The van der Waals surface area contributed by atoms with Gasteiger partial charge < -0.3 is 5.11 Å². The number of aliphatic hydroxyl groups is 1. The number of fused-ring (bicyclic) bond motifs is 1. The van der Waals surface area contributed by atoms with E-state index in [1.807, 2.05) is 13.8 Å². The number of likely N-dealkylation sites (tertiary alicyclic amines) is 1. The van der Waals surface area contributed by atoms with Crippen LogP contribution in [0.5, 0.6) is 0 Å². The van der Waals surface area contributed by atoms with E-state index in [4.69, 9.17) is 0 Å². The molecule has 3 nitrogen and oxygen atoms in total. The van der Waals surface area contributed by atoms with Gasteiger partial charge in [0, 0.05) is 24.9 Å². The van der Waals surface area contributed by atoms with E-state index in [0.717, 1.165) is 38.8 Å². The summed E-state index contributed by atoms with van der Waals surface area (Å²) in [6, 6.07) is 0. The van der Waals surface area contributed by atoms with Gasteiger partial charge in [0.25, 0.3) is 0 Å². The lowest BCUT2D eigenvalue weighted by Crippen LogP contribution is -2.54. The third kappa shape index (κ3) is 2.89. The fourth-order valence-electron chi connectivity index (χ4n) is 3.19. The Kier molecular flexibility index (Phi) is 3.88. The molecule has 2 atom stereocenters. The predicted molar refractivity (Wildman–Crippen MR) is 67.8 cm³/mol. The van der Waals surface area contributed by atoms with E-state index in [1.165, 1.54) is 6.42 Å². The predicted octanol–water partition coefficient (Wildman–Crippen LogP) is 1.84. The highest BCUT2D eigenvalue weighted by Crippen LogP contribution is 2.39. The molecule has 0 amide bonds. The minimum absolute atomic E-state index is 0.127. The van der Waals surface area contributed by atoms with E-state index in [0.29, 0.717) is 18.2 Å². The van der Waals surface area contributed by atoms with Crippen LogP contribution in [0.3, 0.4) is 0 Å². The maximum atomic E-state index is 11.7. The van der Waals surface area contributed by atoms with Gasteiger partial charge in [-0.25, -0.2) is 0 Å². The van der Waals surface area contributed by atoms with E-state index in [-0.39, 0.29) is 5.92 Å². The lowest BCUT2D eigenvalue weighted by molar-refractivity contribution is -0.128. The molecule has 1 saturated heterocycles. The molecule has 2 aliphatic rings. The quantitative estimate of drug-likeness (QED) is 0.817. The van der Waals surface area contributed by atoms with Crippen molar-refractivity contribution in [3.05, 3.63) is 0 Å². The van der Waals surface area contributed by atoms with E-state index >= 15 is 0 Å².